The maximum Gasteiger partial charge on any atom is 0.254 e. The van der Waals surface area contributed by atoms with Crippen molar-refractivity contribution in [3.63, 3.8) is 0 Å². The molecule has 1 aliphatic rings. The van der Waals surface area contributed by atoms with Crippen molar-refractivity contribution in [3.8, 4) is 0 Å². The summed E-state index contributed by atoms with van der Waals surface area (Å²) in [5.41, 5.74) is 5.95. The van der Waals surface area contributed by atoms with Crippen LogP contribution < -0.4 is 11.1 Å². The summed E-state index contributed by atoms with van der Waals surface area (Å²) in [5.74, 6) is 0.475. The Bertz CT molecular complexity index is 415. The summed E-state index contributed by atoms with van der Waals surface area (Å²) < 4.78 is 11.0. The van der Waals surface area contributed by atoms with Crippen molar-refractivity contribution in [2.75, 3.05) is 13.2 Å². The number of carbonyl (C=O) groups excluding carboxylic acids is 1. The minimum absolute atomic E-state index is 0. The van der Waals surface area contributed by atoms with Gasteiger partial charge in [0.25, 0.3) is 5.91 Å². The van der Waals surface area contributed by atoms with Crippen molar-refractivity contribution in [1.29, 1.82) is 0 Å². The second-order valence-electron chi connectivity index (χ2n) is 5.25. The van der Waals surface area contributed by atoms with E-state index in [9.17, 15) is 4.79 Å². The Morgan fingerprint density at radius 3 is 2.67 bits per heavy atom. The molecule has 6 heteroatoms. The van der Waals surface area contributed by atoms with Gasteiger partial charge in [-0.25, -0.2) is 0 Å². The number of amides is 1. The lowest BCUT2D eigenvalue weighted by atomic mass is 10.1. The van der Waals surface area contributed by atoms with Crippen LogP contribution in [0.3, 0.4) is 0 Å². The molecule has 3 N–H and O–H groups in total. The van der Waals surface area contributed by atoms with Gasteiger partial charge in [-0.1, -0.05) is 25.7 Å². The molecular formula is C15H25ClN2O3. The third kappa shape index (κ3) is 6.08. The molecular weight excluding hydrogens is 292 g/mol. The fourth-order valence-electron chi connectivity index (χ4n) is 2.51. The molecule has 0 aliphatic heterocycles. The van der Waals surface area contributed by atoms with Crippen LogP contribution in [0.5, 0.6) is 0 Å². The Kier molecular flexibility index (Phi) is 8.42. The molecule has 1 saturated carbocycles. The number of carbonyl (C=O) groups is 1. The Labute approximate surface area is 132 Å². The minimum Gasteiger partial charge on any atom is -0.467 e. The molecule has 0 aromatic carbocycles. The fraction of sp³-hybridized carbons (Fsp3) is 0.667. The number of nitrogens with two attached hydrogens (primary N) is 1. The first-order chi connectivity index (χ1) is 9.79. The number of hydrogen-bond acceptors (Lipinski definition) is 4. The lowest BCUT2D eigenvalue weighted by Crippen LogP contribution is -2.28. The average molecular weight is 317 g/mol. The first-order valence-corrected chi connectivity index (χ1v) is 7.47. The molecule has 0 spiro atoms. The molecule has 1 amide bonds. The first kappa shape index (κ1) is 18.0. The topological polar surface area (TPSA) is 77.5 Å². The summed E-state index contributed by atoms with van der Waals surface area (Å²) in [5, 5.41) is 2.83. The highest BCUT2D eigenvalue weighted by Gasteiger charge is 2.13. The van der Waals surface area contributed by atoms with E-state index in [1.807, 2.05) is 0 Å². The number of halogens is 1. The number of nitrogens with one attached hydrogen (secondary N) is 1. The number of hydrogen-bond donors (Lipinski definition) is 2. The van der Waals surface area contributed by atoms with E-state index >= 15 is 0 Å². The zero-order chi connectivity index (χ0) is 14.2. The van der Waals surface area contributed by atoms with Gasteiger partial charge >= 0.3 is 0 Å². The number of furan rings is 1. The van der Waals surface area contributed by atoms with E-state index in [2.05, 4.69) is 5.32 Å². The number of rotatable bonds is 6. The van der Waals surface area contributed by atoms with Crippen molar-refractivity contribution in [2.24, 2.45) is 5.73 Å². The Hall–Kier alpha value is -1.04. The van der Waals surface area contributed by atoms with Gasteiger partial charge in [0.1, 0.15) is 12.0 Å². The van der Waals surface area contributed by atoms with Crippen LogP contribution in [-0.2, 0) is 11.3 Å². The standard InChI is InChI=1S/C15H24N2O3.ClH/c16-10-14-9-12(11-20-14)15(18)17-7-8-19-13-5-3-1-2-4-6-13;/h9,11,13H,1-8,10,16H2,(H,17,18);1H. The van der Waals surface area contributed by atoms with Crippen molar-refractivity contribution < 1.29 is 13.9 Å². The summed E-state index contributed by atoms with van der Waals surface area (Å²) >= 11 is 0. The van der Waals surface area contributed by atoms with Crippen LogP contribution in [0.25, 0.3) is 0 Å². The molecule has 1 heterocycles. The van der Waals surface area contributed by atoms with Gasteiger partial charge in [0.2, 0.25) is 0 Å². The summed E-state index contributed by atoms with van der Waals surface area (Å²) in [7, 11) is 0. The third-order valence-electron chi connectivity index (χ3n) is 3.66. The first-order valence-electron chi connectivity index (χ1n) is 7.47. The van der Waals surface area contributed by atoms with E-state index in [4.69, 9.17) is 14.9 Å². The molecule has 21 heavy (non-hydrogen) atoms. The van der Waals surface area contributed by atoms with Crippen LogP contribution in [0.2, 0.25) is 0 Å². The number of ether oxygens (including phenoxy) is 1. The predicted molar refractivity (Wildman–Crippen MR) is 83.6 cm³/mol. The minimum atomic E-state index is -0.141. The zero-order valence-corrected chi connectivity index (χ0v) is 13.1. The summed E-state index contributed by atoms with van der Waals surface area (Å²) in [6.45, 7) is 1.40. The largest absolute Gasteiger partial charge is 0.467 e. The molecule has 5 nitrogen and oxygen atoms in total. The lowest BCUT2D eigenvalue weighted by molar-refractivity contribution is 0.0441. The van der Waals surface area contributed by atoms with E-state index in [1.165, 1.54) is 31.9 Å². The highest BCUT2D eigenvalue weighted by molar-refractivity contribution is 5.93. The molecule has 0 unspecified atom stereocenters. The van der Waals surface area contributed by atoms with Crippen molar-refractivity contribution in [3.05, 3.63) is 23.7 Å². The van der Waals surface area contributed by atoms with Gasteiger partial charge in [0.05, 0.1) is 24.8 Å². The Morgan fingerprint density at radius 1 is 1.33 bits per heavy atom. The van der Waals surface area contributed by atoms with E-state index < -0.39 is 0 Å². The molecule has 0 saturated heterocycles. The van der Waals surface area contributed by atoms with Gasteiger partial charge in [-0.05, 0) is 18.9 Å². The SMILES string of the molecule is Cl.NCc1cc(C(=O)NCCOC2CCCCCC2)co1. The maximum absolute atomic E-state index is 11.8. The van der Waals surface area contributed by atoms with Gasteiger partial charge < -0.3 is 20.2 Å². The quantitative estimate of drug-likeness (QED) is 0.624. The van der Waals surface area contributed by atoms with Gasteiger partial charge in [-0.15, -0.1) is 12.4 Å². The van der Waals surface area contributed by atoms with Gasteiger partial charge in [0.15, 0.2) is 0 Å². The van der Waals surface area contributed by atoms with Crippen LogP contribution in [0, 0.1) is 0 Å². The molecule has 1 aromatic heterocycles. The van der Waals surface area contributed by atoms with Crippen LogP contribution in [0.1, 0.15) is 54.6 Å². The zero-order valence-electron chi connectivity index (χ0n) is 12.3. The van der Waals surface area contributed by atoms with Crippen molar-refractivity contribution >= 4 is 18.3 Å². The molecule has 120 valence electrons. The fourth-order valence-corrected chi connectivity index (χ4v) is 2.51. The summed E-state index contributed by atoms with van der Waals surface area (Å²) in [6.07, 6.45) is 9.25. The predicted octanol–water partition coefficient (Wildman–Crippen LogP) is 2.63. The van der Waals surface area contributed by atoms with E-state index in [0.29, 0.717) is 37.1 Å². The monoisotopic (exact) mass is 316 g/mol. The van der Waals surface area contributed by atoms with E-state index in [1.54, 1.807) is 6.07 Å². The van der Waals surface area contributed by atoms with E-state index in [0.717, 1.165) is 12.8 Å². The molecule has 2 rings (SSSR count). The van der Waals surface area contributed by atoms with Crippen molar-refractivity contribution in [2.45, 2.75) is 51.2 Å². The Morgan fingerprint density at radius 2 is 2.05 bits per heavy atom. The highest BCUT2D eigenvalue weighted by Crippen LogP contribution is 2.19. The normalized spacial score (nSPS) is 16.0. The third-order valence-corrected chi connectivity index (χ3v) is 3.66. The smallest absolute Gasteiger partial charge is 0.254 e. The van der Waals surface area contributed by atoms with Crippen molar-refractivity contribution in [1.82, 2.24) is 5.32 Å². The van der Waals surface area contributed by atoms with Gasteiger partial charge in [-0.3, -0.25) is 4.79 Å². The molecule has 0 atom stereocenters. The summed E-state index contributed by atoms with van der Waals surface area (Å²) in [4.78, 5) is 11.8. The summed E-state index contributed by atoms with van der Waals surface area (Å²) in [6, 6.07) is 1.67. The second-order valence-corrected chi connectivity index (χ2v) is 5.25. The molecule has 1 fully saturated rings. The lowest BCUT2D eigenvalue weighted by Gasteiger charge is -2.15. The maximum atomic E-state index is 11.8. The van der Waals surface area contributed by atoms with Crippen LogP contribution >= 0.6 is 12.4 Å². The molecule has 0 radical (unpaired) electrons. The Balaban J connectivity index is 0.00000220. The van der Waals surface area contributed by atoms with E-state index in [-0.39, 0.29) is 18.3 Å². The average Bonchev–Trinajstić information content (AvgIpc) is 2.80. The van der Waals surface area contributed by atoms with Crippen LogP contribution in [0.15, 0.2) is 16.7 Å². The molecule has 0 bridgehead atoms. The molecule has 1 aliphatic carbocycles. The van der Waals surface area contributed by atoms with Gasteiger partial charge in [0, 0.05) is 6.54 Å². The second kappa shape index (κ2) is 9.82. The highest BCUT2D eigenvalue weighted by atomic mass is 35.5. The van der Waals surface area contributed by atoms with Crippen LogP contribution in [-0.4, -0.2) is 25.2 Å². The van der Waals surface area contributed by atoms with Gasteiger partial charge in [-0.2, -0.15) is 0 Å². The molecule has 1 aromatic rings. The van der Waals surface area contributed by atoms with Crippen LogP contribution in [0.4, 0.5) is 0 Å².